The number of esters is 1. The molecule has 138 valence electrons. The second kappa shape index (κ2) is 8.31. The van der Waals surface area contributed by atoms with E-state index in [0.717, 1.165) is 10.7 Å². The van der Waals surface area contributed by atoms with Gasteiger partial charge < -0.3 is 14.4 Å². The summed E-state index contributed by atoms with van der Waals surface area (Å²) in [6, 6.07) is 7.15. The minimum atomic E-state index is -0.186. The van der Waals surface area contributed by atoms with Crippen molar-refractivity contribution in [2.24, 2.45) is 5.92 Å². The number of nitrogens with zero attached hydrogens (tertiary/aromatic N) is 2. The van der Waals surface area contributed by atoms with Gasteiger partial charge in [0.1, 0.15) is 12.4 Å². The Labute approximate surface area is 156 Å². The summed E-state index contributed by atoms with van der Waals surface area (Å²) < 4.78 is 10.5. The molecule has 1 aromatic carbocycles. The number of carbonyl (C=O) groups excluding carboxylic acids is 2. The first kappa shape index (κ1) is 18.4. The SMILES string of the molecule is COC(=O)C1CCN(C(=O)c2ccc(OCc3csc(C)n3)cc2)CC1. The van der Waals surface area contributed by atoms with E-state index in [4.69, 9.17) is 9.47 Å². The third-order valence-electron chi connectivity index (χ3n) is 4.47. The van der Waals surface area contributed by atoms with Crippen molar-refractivity contribution >= 4 is 23.2 Å². The van der Waals surface area contributed by atoms with Crippen LogP contribution in [0.3, 0.4) is 0 Å². The zero-order chi connectivity index (χ0) is 18.5. The van der Waals surface area contributed by atoms with Gasteiger partial charge in [-0.25, -0.2) is 4.98 Å². The van der Waals surface area contributed by atoms with Crippen LogP contribution in [0.5, 0.6) is 5.75 Å². The fraction of sp³-hybridized carbons (Fsp3) is 0.421. The Bertz CT molecular complexity index is 764. The molecule has 0 bridgehead atoms. The van der Waals surface area contributed by atoms with Crippen LogP contribution in [0.15, 0.2) is 29.6 Å². The van der Waals surface area contributed by atoms with E-state index in [1.165, 1.54) is 7.11 Å². The quantitative estimate of drug-likeness (QED) is 0.753. The van der Waals surface area contributed by atoms with E-state index in [9.17, 15) is 9.59 Å². The average molecular weight is 374 g/mol. The van der Waals surface area contributed by atoms with E-state index < -0.39 is 0 Å². The Morgan fingerprint density at radius 2 is 1.92 bits per heavy atom. The molecular formula is C19H22N2O4S. The van der Waals surface area contributed by atoms with Gasteiger partial charge in [0.2, 0.25) is 0 Å². The van der Waals surface area contributed by atoms with E-state index in [0.29, 0.717) is 43.9 Å². The zero-order valence-electron chi connectivity index (χ0n) is 14.9. The van der Waals surface area contributed by atoms with Crippen molar-refractivity contribution in [3.05, 3.63) is 45.9 Å². The number of piperidine rings is 1. The van der Waals surface area contributed by atoms with Crippen LogP contribution >= 0.6 is 11.3 Å². The Hall–Kier alpha value is -2.41. The number of benzene rings is 1. The van der Waals surface area contributed by atoms with Crippen molar-refractivity contribution in [1.82, 2.24) is 9.88 Å². The van der Waals surface area contributed by atoms with E-state index in [1.807, 2.05) is 12.3 Å². The monoisotopic (exact) mass is 374 g/mol. The van der Waals surface area contributed by atoms with Gasteiger partial charge in [0.25, 0.3) is 5.91 Å². The molecule has 2 aromatic rings. The molecule has 6 nitrogen and oxygen atoms in total. The van der Waals surface area contributed by atoms with Gasteiger partial charge in [-0.05, 0) is 44.0 Å². The van der Waals surface area contributed by atoms with E-state index >= 15 is 0 Å². The number of aryl methyl sites for hydroxylation is 1. The zero-order valence-corrected chi connectivity index (χ0v) is 15.8. The molecular weight excluding hydrogens is 352 g/mol. The average Bonchev–Trinajstić information content (AvgIpc) is 3.11. The number of hydrogen-bond acceptors (Lipinski definition) is 6. The Kier molecular flexibility index (Phi) is 5.88. The molecule has 1 saturated heterocycles. The topological polar surface area (TPSA) is 68.7 Å². The van der Waals surface area contributed by atoms with Crippen molar-refractivity contribution < 1.29 is 19.1 Å². The highest BCUT2D eigenvalue weighted by molar-refractivity contribution is 7.09. The normalized spacial score (nSPS) is 14.9. The third-order valence-corrected chi connectivity index (χ3v) is 5.29. The molecule has 3 rings (SSSR count). The maximum atomic E-state index is 12.6. The van der Waals surface area contributed by atoms with Crippen molar-refractivity contribution in [3.8, 4) is 5.75 Å². The molecule has 1 aromatic heterocycles. The fourth-order valence-corrected chi connectivity index (χ4v) is 3.59. The number of carbonyl (C=O) groups is 2. The van der Waals surface area contributed by atoms with Crippen LogP contribution in [0.2, 0.25) is 0 Å². The summed E-state index contributed by atoms with van der Waals surface area (Å²) in [6.07, 6.45) is 1.29. The van der Waals surface area contributed by atoms with Gasteiger partial charge in [0, 0.05) is 24.0 Å². The van der Waals surface area contributed by atoms with Crippen molar-refractivity contribution in [2.45, 2.75) is 26.4 Å². The molecule has 0 saturated carbocycles. The predicted octanol–water partition coefficient (Wildman–Crippen LogP) is 3.06. The lowest BCUT2D eigenvalue weighted by atomic mass is 9.96. The number of hydrogen-bond donors (Lipinski definition) is 0. The van der Waals surface area contributed by atoms with Gasteiger partial charge in [-0.3, -0.25) is 9.59 Å². The molecule has 1 aliphatic rings. The summed E-state index contributed by atoms with van der Waals surface area (Å²) in [5.74, 6) is 0.398. The van der Waals surface area contributed by atoms with Crippen LogP contribution in [0.25, 0.3) is 0 Å². The highest BCUT2D eigenvalue weighted by Gasteiger charge is 2.28. The predicted molar refractivity (Wildman–Crippen MR) is 98.3 cm³/mol. The third kappa shape index (κ3) is 4.40. The summed E-state index contributed by atoms with van der Waals surface area (Å²) in [5, 5.41) is 2.99. The molecule has 2 heterocycles. The van der Waals surface area contributed by atoms with E-state index in [2.05, 4.69) is 4.98 Å². The molecule has 0 unspecified atom stereocenters. The second-order valence-electron chi connectivity index (χ2n) is 6.26. The number of amides is 1. The largest absolute Gasteiger partial charge is 0.487 e. The van der Waals surface area contributed by atoms with Crippen LogP contribution in [0.1, 0.15) is 33.9 Å². The molecule has 1 fully saturated rings. The maximum absolute atomic E-state index is 12.6. The van der Waals surface area contributed by atoms with Crippen LogP contribution in [0.4, 0.5) is 0 Å². The molecule has 0 aliphatic carbocycles. The minimum Gasteiger partial charge on any atom is -0.487 e. The highest BCUT2D eigenvalue weighted by Crippen LogP contribution is 2.21. The molecule has 0 N–H and O–H groups in total. The van der Waals surface area contributed by atoms with Gasteiger partial charge in [-0.15, -0.1) is 11.3 Å². The molecule has 26 heavy (non-hydrogen) atoms. The lowest BCUT2D eigenvalue weighted by Crippen LogP contribution is -2.40. The second-order valence-corrected chi connectivity index (χ2v) is 7.32. The minimum absolute atomic E-state index is 0.0185. The Morgan fingerprint density at radius 1 is 1.23 bits per heavy atom. The molecule has 1 aliphatic heterocycles. The lowest BCUT2D eigenvalue weighted by molar-refractivity contribution is -0.146. The Morgan fingerprint density at radius 3 is 2.50 bits per heavy atom. The molecule has 1 amide bonds. The maximum Gasteiger partial charge on any atom is 0.308 e. The van der Waals surface area contributed by atoms with Crippen molar-refractivity contribution in [3.63, 3.8) is 0 Å². The molecule has 0 radical (unpaired) electrons. The first-order chi connectivity index (χ1) is 12.6. The fourth-order valence-electron chi connectivity index (χ4n) is 2.99. The van der Waals surface area contributed by atoms with Crippen molar-refractivity contribution in [2.75, 3.05) is 20.2 Å². The van der Waals surface area contributed by atoms with Crippen LogP contribution in [-0.4, -0.2) is 42.0 Å². The number of aromatic nitrogens is 1. The molecule has 0 spiro atoms. The van der Waals surface area contributed by atoms with Gasteiger partial charge in [-0.2, -0.15) is 0 Å². The summed E-state index contributed by atoms with van der Waals surface area (Å²) in [7, 11) is 1.40. The van der Waals surface area contributed by atoms with Gasteiger partial charge in [0.15, 0.2) is 0 Å². The first-order valence-electron chi connectivity index (χ1n) is 8.58. The Balaban J connectivity index is 1.53. The number of thiazole rings is 1. The van der Waals surface area contributed by atoms with Crippen LogP contribution in [0, 0.1) is 12.8 Å². The van der Waals surface area contributed by atoms with Crippen molar-refractivity contribution in [1.29, 1.82) is 0 Å². The summed E-state index contributed by atoms with van der Waals surface area (Å²) >= 11 is 1.59. The van der Waals surface area contributed by atoms with Gasteiger partial charge >= 0.3 is 5.97 Å². The highest BCUT2D eigenvalue weighted by atomic mass is 32.1. The summed E-state index contributed by atoms with van der Waals surface area (Å²) in [6.45, 7) is 3.52. The van der Waals surface area contributed by atoms with E-state index in [1.54, 1.807) is 40.5 Å². The standard InChI is InChI=1S/C19H22N2O4S/c1-13-20-16(12-26-13)11-25-17-5-3-14(4-6-17)18(22)21-9-7-15(8-10-21)19(23)24-2/h3-6,12,15H,7-11H2,1-2H3. The number of ether oxygens (including phenoxy) is 2. The van der Waals surface area contributed by atoms with Gasteiger partial charge in [0.05, 0.1) is 23.7 Å². The molecule has 0 atom stereocenters. The van der Waals surface area contributed by atoms with Gasteiger partial charge in [-0.1, -0.05) is 0 Å². The molecule has 7 heteroatoms. The summed E-state index contributed by atoms with van der Waals surface area (Å²) in [4.78, 5) is 30.3. The first-order valence-corrected chi connectivity index (χ1v) is 9.45. The smallest absolute Gasteiger partial charge is 0.308 e. The number of methoxy groups -OCH3 is 1. The number of likely N-dealkylation sites (tertiary alicyclic amines) is 1. The van der Waals surface area contributed by atoms with Crippen LogP contribution < -0.4 is 4.74 Å². The lowest BCUT2D eigenvalue weighted by Gasteiger charge is -2.30. The summed E-state index contributed by atoms with van der Waals surface area (Å²) in [5.41, 5.74) is 1.53. The van der Waals surface area contributed by atoms with E-state index in [-0.39, 0.29) is 17.8 Å². The number of rotatable bonds is 5. The van der Waals surface area contributed by atoms with Crippen LogP contribution in [-0.2, 0) is 16.1 Å².